The minimum Gasteiger partial charge on any atom is -0.373 e. The summed E-state index contributed by atoms with van der Waals surface area (Å²) < 4.78 is 0. The molecule has 0 atom stereocenters. The van der Waals surface area contributed by atoms with Gasteiger partial charge in [0.1, 0.15) is 5.69 Å². The van der Waals surface area contributed by atoms with E-state index in [0.717, 1.165) is 42.6 Å². The van der Waals surface area contributed by atoms with Crippen molar-refractivity contribution in [2.24, 2.45) is 0 Å². The van der Waals surface area contributed by atoms with Crippen LogP contribution in [0, 0.1) is 13.8 Å². The van der Waals surface area contributed by atoms with Crippen molar-refractivity contribution >= 4 is 5.69 Å². The number of rotatable bonds is 6. The number of pyridine rings is 1. The van der Waals surface area contributed by atoms with Gasteiger partial charge in [-0.2, -0.15) is 0 Å². The molecule has 3 nitrogen and oxygen atoms in total. The Labute approximate surface area is 139 Å². The number of unbranched alkanes of at least 4 members (excludes halogenated alkanes) is 1. The van der Waals surface area contributed by atoms with Crippen molar-refractivity contribution in [3.8, 4) is 0 Å². The lowest BCUT2D eigenvalue weighted by molar-refractivity contribution is 0.771. The summed E-state index contributed by atoms with van der Waals surface area (Å²) in [6.45, 7) is 6.41. The minimum absolute atomic E-state index is 0.0166. The van der Waals surface area contributed by atoms with E-state index in [1.54, 1.807) is 0 Å². The second kappa shape index (κ2) is 7.49. The van der Waals surface area contributed by atoms with Crippen LogP contribution in [0.3, 0.4) is 0 Å². The second-order valence-corrected chi connectivity index (χ2v) is 6.67. The summed E-state index contributed by atoms with van der Waals surface area (Å²) in [5.74, 6) is 0. The van der Waals surface area contributed by atoms with Crippen molar-refractivity contribution in [1.29, 1.82) is 0 Å². The fourth-order valence-electron chi connectivity index (χ4n) is 3.18. The monoisotopic (exact) mass is 312 g/mol. The molecule has 1 aromatic heterocycles. The molecule has 0 fully saturated rings. The molecule has 0 unspecified atom stereocenters. The molecule has 0 radical (unpaired) electrons. The molecule has 3 heteroatoms. The van der Waals surface area contributed by atoms with Gasteiger partial charge >= 0.3 is 0 Å². The van der Waals surface area contributed by atoms with E-state index < -0.39 is 0 Å². The molecule has 1 N–H and O–H groups in total. The van der Waals surface area contributed by atoms with Crippen LogP contribution in [0.1, 0.15) is 47.7 Å². The summed E-state index contributed by atoms with van der Waals surface area (Å²) in [5.41, 5.74) is 6.73. The van der Waals surface area contributed by atoms with Gasteiger partial charge in [-0.3, -0.25) is 4.79 Å². The molecule has 2 rings (SSSR count). The number of nitrogens with zero attached hydrogens (tertiary/aromatic N) is 1. The average Bonchev–Trinajstić information content (AvgIpc) is 2.43. The molecule has 0 saturated carbocycles. The van der Waals surface area contributed by atoms with Crippen molar-refractivity contribution < 1.29 is 0 Å². The van der Waals surface area contributed by atoms with Gasteiger partial charge in [0, 0.05) is 19.8 Å². The lowest BCUT2D eigenvalue weighted by Crippen LogP contribution is -2.24. The van der Waals surface area contributed by atoms with Crippen molar-refractivity contribution in [2.75, 3.05) is 19.0 Å². The van der Waals surface area contributed by atoms with Gasteiger partial charge in [-0.05, 0) is 50.3 Å². The molecule has 23 heavy (non-hydrogen) atoms. The molecule has 0 aliphatic rings. The first kappa shape index (κ1) is 17.3. The summed E-state index contributed by atoms with van der Waals surface area (Å²) in [4.78, 5) is 17.5. The maximum atomic E-state index is 12.5. The van der Waals surface area contributed by atoms with Crippen LogP contribution < -0.4 is 10.5 Å². The van der Waals surface area contributed by atoms with Gasteiger partial charge in [-0.1, -0.05) is 42.7 Å². The zero-order valence-electron chi connectivity index (χ0n) is 15.0. The average molecular weight is 312 g/mol. The van der Waals surface area contributed by atoms with Crippen molar-refractivity contribution in [3.63, 3.8) is 0 Å². The smallest absolute Gasteiger partial charge is 0.271 e. The molecule has 124 valence electrons. The van der Waals surface area contributed by atoms with Crippen LogP contribution in [0.5, 0.6) is 0 Å². The molecule has 0 amide bonds. The Balaban J connectivity index is 2.45. The first-order valence-electron chi connectivity index (χ1n) is 8.40. The van der Waals surface area contributed by atoms with E-state index in [9.17, 15) is 4.79 Å². The Bertz CT molecular complexity index is 709. The number of aromatic nitrogens is 1. The number of aromatic amines is 1. The molecule has 0 aliphatic carbocycles. The zero-order valence-corrected chi connectivity index (χ0v) is 15.0. The van der Waals surface area contributed by atoms with Crippen LogP contribution >= 0.6 is 0 Å². The highest BCUT2D eigenvalue weighted by atomic mass is 16.1. The zero-order chi connectivity index (χ0) is 17.0. The number of anilines is 1. The maximum Gasteiger partial charge on any atom is 0.271 e. The molecule has 0 spiro atoms. The molecular formula is C20H28N2O. The van der Waals surface area contributed by atoms with Crippen LogP contribution in [-0.2, 0) is 12.8 Å². The number of hydrogen-bond donors (Lipinski definition) is 1. The predicted molar refractivity (Wildman–Crippen MR) is 98.7 cm³/mol. The first-order chi connectivity index (χ1) is 10.9. The van der Waals surface area contributed by atoms with Gasteiger partial charge in [-0.15, -0.1) is 0 Å². The Morgan fingerprint density at radius 3 is 2.26 bits per heavy atom. The van der Waals surface area contributed by atoms with Crippen LogP contribution in [0.2, 0.25) is 0 Å². The molecule has 0 aliphatic heterocycles. The van der Waals surface area contributed by atoms with E-state index in [4.69, 9.17) is 0 Å². The Morgan fingerprint density at radius 2 is 1.70 bits per heavy atom. The largest absolute Gasteiger partial charge is 0.373 e. The normalized spacial score (nSPS) is 10.8. The third kappa shape index (κ3) is 4.47. The summed E-state index contributed by atoms with van der Waals surface area (Å²) in [5, 5.41) is 0. The van der Waals surface area contributed by atoms with Crippen molar-refractivity contribution in [1.82, 2.24) is 4.98 Å². The quantitative estimate of drug-likeness (QED) is 0.875. The van der Waals surface area contributed by atoms with Gasteiger partial charge in [0.05, 0.1) is 0 Å². The summed E-state index contributed by atoms with van der Waals surface area (Å²) in [6, 6.07) is 8.77. The van der Waals surface area contributed by atoms with Crippen molar-refractivity contribution in [2.45, 2.75) is 46.5 Å². The Morgan fingerprint density at radius 1 is 1.04 bits per heavy atom. The van der Waals surface area contributed by atoms with E-state index in [-0.39, 0.29) is 5.56 Å². The van der Waals surface area contributed by atoms with E-state index in [1.165, 1.54) is 16.7 Å². The fourth-order valence-corrected chi connectivity index (χ4v) is 3.18. The number of benzene rings is 1. The van der Waals surface area contributed by atoms with Crippen LogP contribution in [-0.4, -0.2) is 19.1 Å². The van der Waals surface area contributed by atoms with Crippen LogP contribution in [0.25, 0.3) is 0 Å². The number of aryl methyl sites for hydroxylation is 3. The topological polar surface area (TPSA) is 36.1 Å². The minimum atomic E-state index is 0.0166. The Hall–Kier alpha value is -2.03. The molecule has 1 heterocycles. The third-order valence-electron chi connectivity index (χ3n) is 4.06. The first-order valence-corrected chi connectivity index (χ1v) is 8.40. The van der Waals surface area contributed by atoms with Gasteiger partial charge in [0.15, 0.2) is 0 Å². The number of H-pyrrole nitrogens is 1. The highest BCUT2D eigenvalue weighted by Gasteiger charge is 2.12. The molecule has 0 saturated heterocycles. The van der Waals surface area contributed by atoms with E-state index in [2.05, 4.69) is 50.0 Å². The maximum absolute atomic E-state index is 12.5. The summed E-state index contributed by atoms with van der Waals surface area (Å²) in [6.07, 6.45) is 3.95. The molecule has 1 aromatic carbocycles. The van der Waals surface area contributed by atoms with Gasteiger partial charge in [-0.25, -0.2) is 0 Å². The predicted octanol–water partition coefficient (Wildman–Crippen LogP) is 3.99. The highest BCUT2D eigenvalue weighted by Crippen LogP contribution is 2.21. The highest BCUT2D eigenvalue weighted by molar-refractivity contribution is 5.53. The van der Waals surface area contributed by atoms with Crippen LogP contribution in [0.4, 0.5) is 5.69 Å². The number of hydrogen-bond acceptors (Lipinski definition) is 2. The molecule has 0 bridgehead atoms. The van der Waals surface area contributed by atoms with Gasteiger partial charge < -0.3 is 9.88 Å². The van der Waals surface area contributed by atoms with E-state index >= 15 is 0 Å². The van der Waals surface area contributed by atoms with Gasteiger partial charge in [0.2, 0.25) is 0 Å². The molecular weight excluding hydrogens is 284 g/mol. The fraction of sp³-hybridized carbons (Fsp3) is 0.450. The summed E-state index contributed by atoms with van der Waals surface area (Å²) >= 11 is 0. The van der Waals surface area contributed by atoms with Crippen LogP contribution in [0.15, 0.2) is 29.1 Å². The lowest BCUT2D eigenvalue weighted by atomic mass is 9.99. The standard InChI is InChI=1S/C20H28N2O/c1-6-7-8-18-13-17(19(22(4)5)20(23)21-18)12-16-10-14(2)9-15(3)11-16/h9-11,13H,6-8,12H2,1-5H3,(H,21,23). The lowest BCUT2D eigenvalue weighted by Gasteiger charge is -2.18. The Kier molecular flexibility index (Phi) is 5.64. The van der Waals surface area contributed by atoms with Gasteiger partial charge in [0.25, 0.3) is 5.56 Å². The number of nitrogens with one attached hydrogen (secondary N) is 1. The SMILES string of the molecule is CCCCc1cc(Cc2cc(C)cc(C)c2)c(N(C)C)c(=O)[nH]1. The van der Waals surface area contributed by atoms with E-state index in [0.29, 0.717) is 0 Å². The van der Waals surface area contributed by atoms with Crippen molar-refractivity contribution in [3.05, 3.63) is 62.6 Å². The second-order valence-electron chi connectivity index (χ2n) is 6.67. The molecule has 2 aromatic rings. The van der Waals surface area contributed by atoms with E-state index in [1.807, 2.05) is 19.0 Å². The summed E-state index contributed by atoms with van der Waals surface area (Å²) in [7, 11) is 3.86. The third-order valence-corrected chi connectivity index (χ3v) is 4.06.